The van der Waals surface area contributed by atoms with E-state index in [0.717, 1.165) is 12.1 Å². The normalized spacial score (nSPS) is 27.6. The molecular formula is C15H24N2O10P2. The van der Waals surface area contributed by atoms with Crippen LogP contribution in [0.3, 0.4) is 0 Å². The largest absolute Gasteiger partial charge is 0.472 e. The summed E-state index contributed by atoms with van der Waals surface area (Å²) in [7, 11) is -7.75. The number of hydrogen-bond donors (Lipinski definition) is 4. The van der Waals surface area contributed by atoms with E-state index in [0.29, 0.717) is 5.82 Å². The first-order valence-electron chi connectivity index (χ1n) is 8.61. The Morgan fingerprint density at radius 2 is 1.90 bits per heavy atom. The van der Waals surface area contributed by atoms with Crippen LogP contribution in [0, 0.1) is 5.92 Å². The number of phosphoric ester groups is 1. The molecule has 12 nitrogen and oxygen atoms in total. The lowest BCUT2D eigenvalue weighted by atomic mass is 10.1. The Bertz CT molecular complexity index is 949. The average molecular weight is 454 g/mol. The van der Waals surface area contributed by atoms with Gasteiger partial charge in [-0.2, -0.15) is 0 Å². The van der Waals surface area contributed by atoms with Gasteiger partial charge in [-0.1, -0.05) is 6.08 Å². The first kappa shape index (κ1) is 23.9. The van der Waals surface area contributed by atoms with Crippen LogP contribution in [0.2, 0.25) is 0 Å². The number of hydrogen-bond acceptors (Lipinski definition) is 7. The standard InChI is InChI=1S/C15H24N2O10P2/c1-9(2)26-29(23,24)27-13-10(5-7-28(20,21)22)8-11(14(13)25-3)17-6-4-12(18)16-15(17)19/h4-7,9-11,13-14H,8H2,1-3H3,(H,23,24)(H,16,18,19)(H2,20,21,22)/b7-5+/t10-,11-,13+,14-/m0/s1. The lowest BCUT2D eigenvalue weighted by Crippen LogP contribution is -2.38. The quantitative estimate of drug-likeness (QED) is 0.409. The van der Waals surface area contributed by atoms with Gasteiger partial charge >= 0.3 is 21.1 Å². The lowest BCUT2D eigenvalue weighted by molar-refractivity contribution is -0.0248. The van der Waals surface area contributed by atoms with Crippen molar-refractivity contribution >= 4 is 15.4 Å². The second-order valence-electron chi connectivity index (χ2n) is 6.81. The van der Waals surface area contributed by atoms with E-state index in [4.69, 9.17) is 23.6 Å². The first-order valence-corrected chi connectivity index (χ1v) is 11.8. The lowest BCUT2D eigenvalue weighted by Gasteiger charge is -2.27. The van der Waals surface area contributed by atoms with Crippen LogP contribution in [0.25, 0.3) is 0 Å². The zero-order valence-electron chi connectivity index (χ0n) is 15.9. The van der Waals surface area contributed by atoms with Crippen molar-refractivity contribution in [2.45, 2.75) is 44.6 Å². The molecule has 1 aliphatic rings. The highest BCUT2D eigenvalue weighted by Crippen LogP contribution is 2.52. The maximum atomic E-state index is 12.3. The maximum absolute atomic E-state index is 12.3. The van der Waals surface area contributed by atoms with Crippen molar-refractivity contribution in [2.75, 3.05) is 7.11 Å². The Morgan fingerprint density at radius 1 is 1.24 bits per heavy atom. The van der Waals surface area contributed by atoms with Gasteiger partial charge in [-0.3, -0.25) is 28.0 Å². The van der Waals surface area contributed by atoms with Crippen LogP contribution in [0.5, 0.6) is 0 Å². The second kappa shape index (κ2) is 9.20. The van der Waals surface area contributed by atoms with E-state index in [1.165, 1.54) is 31.7 Å². The summed E-state index contributed by atoms with van der Waals surface area (Å²) in [6.45, 7) is 3.06. The number of nitrogens with zero attached hydrogens (tertiary/aromatic N) is 1. The summed E-state index contributed by atoms with van der Waals surface area (Å²) in [6.07, 6.45) is -0.276. The predicted molar refractivity (Wildman–Crippen MR) is 101 cm³/mol. The van der Waals surface area contributed by atoms with Crippen molar-refractivity contribution < 1.29 is 37.6 Å². The van der Waals surface area contributed by atoms with Crippen molar-refractivity contribution in [1.29, 1.82) is 0 Å². The Balaban J connectivity index is 2.45. The minimum Gasteiger partial charge on any atom is -0.377 e. The minimum atomic E-state index is -4.54. The van der Waals surface area contributed by atoms with Gasteiger partial charge in [0.05, 0.1) is 12.1 Å². The summed E-state index contributed by atoms with van der Waals surface area (Å²) in [6, 6.07) is 0.376. The number of H-pyrrole nitrogens is 1. The van der Waals surface area contributed by atoms with Crippen LogP contribution in [0.15, 0.2) is 33.7 Å². The molecule has 0 saturated heterocycles. The smallest absolute Gasteiger partial charge is 0.377 e. The SMILES string of the molecule is CO[C@@H]1[C@H](OP(=O)(O)OC(C)C)[C@@H](/C=C/P(=O)(O)O)C[C@@H]1n1ccc(=O)[nH]c1=O. The van der Waals surface area contributed by atoms with Gasteiger partial charge in [0.25, 0.3) is 5.56 Å². The fraction of sp³-hybridized carbons (Fsp3) is 0.600. The third-order valence-corrected chi connectivity index (χ3v) is 6.00. The Morgan fingerprint density at radius 3 is 2.41 bits per heavy atom. The van der Waals surface area contributed by atoms with Crippen molar-refractivity contribution in [3.63, 3.8) is 0 Å². The van der Waals surface area contributed by atoms with Gasteiger partial charge in [0.2, 0.25) is 0 Å². The molecule has 1 fully saturated rings. The second-order valence-corrected chi connectivity index (χ2v) is 9.64. The molecule has 4 N–H and O–H groups in total. The Hall–Kier alpha value is -1.36. The summed E-state index contributed by atoms with van der Waals surface area (Å²) < 4.78 is 40.3. The van der Waals surface area contributed by atoms with Crippen LogP contribution in [0.1, 0.15) is 26.3 Å². The number of aromatic nitrogens is 2. The highest BCUT2D eigenvalue weighted by atomic mass is 31.2. The molecule has 1 aromatic rings. The molecule has 0 bridgehead atoms. The number of phosphoric acid groups is 1. The molecule has 1 aliphatic carbocycles. The maximum Gasteiger partial charge on any atom is 0.472 e. The van der Waals surface area contributed by atoms with Crippen LogP contribution in [-0.2, 0) is 22.9 Å². The van der Waals surface area contributed by atoms with Gasteiger partial charge in [0.15, 0.2) is 0 Å². The van der Waals surface area contributed by atoms with E-state index in [9.17, 15) is 23.6 Å². The highest BCUT2D eigenvalue weighted by Gasteiger charge is 2.48. The Kier molecular flexibility index (Phi) is 7.58. The molecule has 0 radical (unpaired) electrons. The average Bonchev–Trinajstić information content (AvgIpc) is 2.87. The van der Waals surface area contributed by atoms with Crippen LogP contribution in [0.4, 0.5) is 0 Å². The number of nitrogens with one attached hydrogen (secondary N) is 1. The minimum absolute atomic E-state index is 0.0767. The number of ether oxygens (including phenoxy) is 1. The van der Waals surface area contributed by atoms with Gasteiger partial charge < -0.3 is 19.4 Å². The van der Waals surface area contributed by atoms with E-state index in [1.54, 1.807) is 0 Å². The van der Waals surface area contributed by atoms with Gasteiger partial charge in [-0.15, -0.1) is 0 Å². The molecule has 5 atom stereocenters. The highest BCUT2D eigenvalue weighted by molar-refractivity contribution is 7.55. The summed E-state index contributed by atoms with van der Waals surface area (Å²) in [4.78, 5) is 53.9. The molecule has 29 heavy (non-hydrogen) atoms. The molecule has 1 unspecified atom stereocenters. The third-order valence-electron chi connectivity index (χ3n) is 4.25. The van der Waals surface area contributed by atoms with Gasteiger partial charge in [-0.25, -0.2) is 9.36 Å². The van der Waals surface area contributed by atoms with Crippen molar-refractivity contribution in [1.82, 2.24) is 9.55 Å². The molecule has 1 heterocycles. The number of aromatic amines is 1. The summed E-state index contributed by atoms with van der Waals surface area (Å²) in [5, 5.41) is 0. The van der Waals surface area contributed by atoms with Gasteiger partial charge in [0, 0.05) is 31.1 Å². The third kappa shape index (κ3) is 6.56. The van der Waals surface area contributed by atoms with E-state index >= 15 is 0 Å². The predicted octanol–water partition coefficient (Wildman–Crippen LogP) is 0.715. The van der Waals surface area contributed by atoms with E-state index in [-0.39, 0.29) is 6.42 Å². The summed E-state index contributed by atoms with van der Waals surface area (Å²) in [5.74, 6) is -0.141. The topological polar surface area (TPSA) is 177 Å². The number of methoxy groups -OCH3 is 1. The molecule has 0 aliphatic heterocycles. The Labute approximate surface area is 165 Å². The fourth-order valence-corrected chi connectivity index (χ4v) is 4.87. The van der Waals surface area contributed by atoms with Crippen LogP contribution < -0.4 is 11.2 Å². The molecule has 0 spiro atoms. The zero-order valence-corrected chi connectivity index (χ0v) is 17.7. The van der Waals surface area contributed by atoms with Crippen LogP contribution >= 0.6 is 15.4 Å². The molecule has 14 heteroatoms. The number of rotatable bonds is 8. The molecular weight excluding hydrogens is 430 g/mol. The molecule has 1 saturated carbocycles. The molecule has 1 aromatic heterocycles. The zero-order chi connectivity index (χ0) is 22.0. The van der Waals surface area contributed by atoms with E-state index in [2.05, 4.69) is 4.98 Å². The molecule has 164 valence electrons. The van der Waals surface area contributed by atoms with Crippen molar-refractivity contribution in [3.05, 3.63) is 45.0 Å². The van der Waals surface area contributed by atoms with E-state index in [1.807, 2.05) is 0 Å². The van der Waals surface area contributed by atoms with E-state index < -0.39 is 56.9 Å². The van der Waals surface area contributed by atoms with Crippen LogP contribution in [-0.4, -0.2) is 49.7 Å². The first-order chi connectivity index (χ1) is 13.3. The molecule has 0 amide bonds. The summed E-state index contributed by atoms with van der Waals surface area (Å²) in [5.41, 5.74) is -1.33. The molecule has 0 aromatic carbocycles. The van der Waals surface area contributed by atoms with Gasteiger partial charge in [0.1, 0.15) is 12.2 Å². The summed E-state index contributed by atoms with van der Waals surface area (Å²) >= 11 is 0. The van der Waals surface area contributed by atoms with Crippen molar-refractivity contribution in [2.24, 2.45) is 5.92 Å². The molecule has 2 rings (SSSR count). The van der Waals surface area contributed by atoms with Gasteiger partial charge in [-0.05, 0) is 20.3 Å². The monoisotopic (exact) mass is 454 g/mol. The van der Waals surface area contributed by atoms with Crippen molar-refractivity contribution in [3.8, 4) is 0 Å². The fourth-order valence-electron chi connectivity index (χ4n) is 3.26.